The number of likely N-dealkylation sites (N-methyl/N-ethyl adjacent to an activating group) is 1. The van der Waals surface area contributed by atoms with Crippen molar-refractivity contribution in [1.82, 2.24) is 5.32 Å². The van der Waals surface area contributed by atoms with Crippen molar-refractivity contribution in [3.8, 4) is 5.75 Å². The van der Waals surface area contributed by atoms with Crippen LogP contribution in [-0.2, 0) is 0 Å². The summed E-state index contributed by atoms with van der Waals surface area (Å²) < 4.78 is 18.2. The number of rotatable bonds is 5. The van der Waals surface area contributed by atoms with E-state index in [0.717, 1.165) is 0 Å². The van der Waals surface area contributed by atoms with Crippen LogP contribution in [0.2, 0.25) is 0 Å². The van der Waals surface area contributed by atoms with E-state index in [-0.39, 0.29) is 17.6 Å². The maximum atomic E-state index is 13.4. The lowest BCUT2D eigenvalue weighted by atomic mass is 10.0. The van der Waals surface area contributed by atoms with Crippen molar-refractivity contribution in [2.75, 3.05) is 14.2 Å². The Balaban J connectivity index is 2.96. The van der Waals surface area contributed by atoms with Crippen LogP contribution in [0.1, 0.15) is 23.7 Å². The summed E-state index contributed by atoms with van der Waals surface area (Å²) in [7, 11) is 3.11. The summed E-state index contributed by atoms with van der Waals surface area (Å²) in [5.41, 5.74) is 0.361. The number of carbonyl (C=O) groups is 1. The largest absolute Gasteiger partial charge is 0.494 e. The third-order valence-electron chi connectivity index (χ3n) is 2.51. The first-order valence-corrected chi connectivity index (χ1v) is 5.19. The van der Waals surface area contributed by atoms with Gasteiger partial charge in [0, 0.05) is 5.56 Å². The molecule has 4 heteroatoms. The molecular formula is C12H16FNO2. The van der Waals surface area contributed by atoms with Gasteiger partial charge in [-0.1, -0.05) is 6.92 Å². The highest BCUT2D eigenvalue weighted by atomic mass is 19.1. The van der Waals surface area contributed by atoms with Crippen LogP contribution in [-0.4, -0.2) is 26.0 Å². The topological polar surface area (TPSA) is 38.3 Å². The molecule has 1 rings (SSSR count). The molecule has 0 aliphatic rings. The van der Waals surface area contributed by atoms with E-state index in [2.05, 4.69) is 5.32 Å². The Morgan fingerprint density at radius 1 is 1.56 bits per heavy atom. The fourth-order valence-corrected chi connectivity index (χ4v) is 1.54. The maximum Gasteiger partial charge on any atom is 0.179 e. The number of halogens is 1. The highest BCUT2D eigenvalue weighted by Gasteiger charge is 2.17. The summed E-state index contributed by atoms with van der Waals surface area (Å²) in [5, 5.41) is 2.89. The quantitative estimate of drug-likeness (QED) is 0.779. The molecule has 0 aliphatic carbocycles. The Hall–Kier alpha value is -1.42. The van der Waals surface area contributed by atoms with E-state index in [0.29, 0.717) is 12.0 Å². The van der Waals surface area contributed by atoms with Gasteiger partial charge in [-0.2, -0.15) is 0 Å². The number of ether oxygens (including phenoxy) is 1. The summed E-state index contributed by atoms with van der Waals surface area (Å²) >= 11 is 0. The number of carbonyl (C=O) groups excluding carboxylic acids is 1. The van der Waals surface area contributed by atoms with Crippen molar-refractivity contribution in [1.29, 1.82) is 0 Å². The van der Waals surface area contributed by atoms with Crippen LogP contribution in [0.3, 0.4) is 0 Å². The summed E-state index contributed by atoms with van der Waals surface area (Å²) in [6.45, 7) is 1.90. The number of Topliss-reactive ketones (excluding diaryl/α,β-unsaturated/α-hetero) is 1. The Labute approximate surface area is 94.6 Å². The molecule has 0 amide bonds. The van der Waals surface area contributed by atoms with Crippen LogP contribution < -0.4 is 10.1 Å². The number of ketones is 1. The molecule has 88 valence electrons. The van der Waals surface area contributed by atoms with Gasteiger partial charge >= 0.3 is 0 Å². The van der Waals surface area contributed by atoms with Crippen molar-refractivity contribution in [2.45, 2.75) is 19.4 Å². The average Bonchev–Trinajstić information content (AvgIpc) is 2.30. The second-order valence-electron chi connectivity index (χ2n) is 3.46. The van der Waals surface area contributed by atoms with Gasteiger partial charge in [0.25, 0.3) is 0 Å². The predicted octanol–water partition coefficient (Wildman–Crippen LogP) is 2.01. The van der Waals surface area contributed by atoms with Crippen molar-refractivity contribution in [2.24, 2.45) is 0 Å². The summed E-state index contributed by atoms with van der Waals surface area (Å²) in [4.78, 5) is 11.9. The number of nitrogens with one attached hydrogen (secondary N) is 1. The normalized spacial score (nSPS) is 12.2. The number of benzene rings is 1. The Kier molecular flexibility index (Phi) is 4.43. The molecule has 0 bridgehead atoms. The molecule has 0 radical (unpaired) electrons. The number of hydrogen-bond donors (Lipinski definition) is 1. The van der Waals surface area contributed by atoms with E-state index in [9.17, 15) is 9.18 Å². The third kappa shape index (κ3) is 2.58. The summed E-state index contributed by atoms with van der Waals surface area (Å²) in [6, 6.07) is 3.98. The fourth-order valence-electron chi connectivity index (χ4n) is 1.54. The van der Waals surface area contributed by atoms with E-state index in [1.165, 1.54) is 19.2 Å². The molecule has 16 heavy (non-hydrogen) atoms. The summed E-state index contributed by atoms with van der Waals surface area (Å²) in [5.74, 6) is -0.472. The smallest absolute Gasteiger partial charge is 0.179 e. The highest BCUT2D eigenvalue weighted by Crippen LogP contribution is 2.18. The van der Waals surface area contributed by atoms with Crippen LogP contribution >= 0.6 is 0 Å². The predicted molar refractivity (Wildman–Crippen MR) is 60.4 cm³/mol. The van der Waals surface area contributed by atoms with Gasteiger partial charge in [0.1, 0.15) is 0 Å². The van der Waals surface area contributed by atoms with Gasteiger partial charge in [0.05, 0.1) is 13.2 Å². The zero-order valence-corrected chi connectivity index (χ0v) is 9.71. The molecule has 1 aromatic rings. The second kappa shape index (κ2) is 5.61. The second-order valence-corrected chi connectivity index (χ2v) is 3.46. The molecular weight excluding hydrogens is 209 g/mol. The van der Waals surface area contributed by atoms with Gasteiger partial charge < -0.3 is 10.1 Å². The number of hydrogen-bond acceptors (Lipinski definition) is 3. The first kappa shape index (κ1) is 12.6. The van der Waals surface area contributed by atoms with Crippen molar-refractivity contribution in [3.63, 3.8) is 0 Å². The Morgan fingerprint density at radius 2 is 2.25 bits per heavy atom. The molecule has 1 atom stereocenters. The molecule has 3 nitrogen and oxygen atoms in total. The maximum absolute atomic E-state index is 13.4. The minimum absolute atomic E-state index is 0.105. The summed E-state index contributed by atoms with van der Waals surface area (Å²) in [6.07, 6.45) is 0.670. The molecule has 0 aromatic heterocycles. The van der Waals surface area contributed by atoms with Gasteiger partial charge in [-0.05, 0) is 31.7 Å². The third-order valence-corrected chi connectivity index (χ3v) is 2.51. The zero-order chi connectivity index (χ0) is 12.1. The lowest BCUT2D eigenvalue weighted by molar-refractivity contribution is 0.0944. The molecule has 0 heterocycles. The van der Waals surface area contributed by atoms with Gasteiger partial charge in [0.2, 0.25) is 0 Å². The first-order valence-electron chi connectivity index (χ1n) is 5.19. The molecule has 0 saturated carbocycles. The number of methoxy groups -OCH3 is 1. The fraction of sp³-hybridized carbons (Fsp3) is 0.417. The van der Waals surface area contributed by atoms with Gasteiger partial charge in [-0.25, -0.2) is 4.39 Å². The molecule has 0 saturated heterocycles. The standard InChI is InChI=1S/C12H16FNO2/c1-4-10(14-2)12(15)8-5-6-11(16-3)9(13)7-8/h5-7,10,14H,4H2,1-3H3. The Bertz CT molecular complexity index is 375. The SMILES string of the molecule is CCC(NC)C(=O)c1ccc(OC)c(F)c1. The van der Waals surface area contributed by atoms with Crippen molar-refractivity contribution < 1.29 is 13.9 Å². The minimum Gasteiger partial charge on any atom is -0.494 e. The Morgan fingerprint density at radius 3 is 2.69 bits per heavy atom. The van der Waals surface area contributed by atoms with E-state index in [4.69, 9.17) is 4.74 Å². The molecule has 0 fully saturated rings. The van der Waals surface area contributed by atoms with Crippen LogP contribution in [0, 0.1) is 5.82 Å². The minimum atomic E-state index is -0.515. The van der Waals surface area contributed by atoms with Crippen LogP contribution in [0.15, 0.2) is 18.2 Å². The van der Waals surface area contributed by atoms with Crippen molar-refractivity contribution in [3.05, 3.63) is 29.6 Å². The monoisotopic (exact) mass is 225 g/mol. The van der Waals surface area contributed by atoms with E-state index in [1.807, 2.05) is 6.92 Å². The lowest BCUT2D eigenvalue weighted by Crippen LogP contribution is -2.33. The zero-order valence-electron chi connectivity index (χ0n) is 9.71. The van der Waals surface area contributed by atoms with Gasteiger partial charge in [-0.3, -0.25) is 4.79 Å². The van der Waals surface area contributed by atoms with Gasteiger partial charge in [-0.15, -0.1) is 0 Å². The lowest BCUT2D eigenvalue weighted by Gasteiger charge is -2.12. The van der Waals surface area contributed by atoms with Gasteiger partial charge in [0.15, 0.2) is 17.3 Å². The molecule has 1 aromatic carbocycles. The molecule has 0 aliphatic heterocycles. The van der Waals surface area contributed by atoms with Crippen LogP contribution in [0.4, 0.5) is 4.39 Å². The van der Waals surface area contributed by atoms with E-state index in [1.54, 1.807) is 13.1 Å². The van der Waals surface area contributed by atoms with Crippen LogP contribution in [0.25, 0.3) is 0 Å². The molecule has 0 spiro atoms. The highest BCUT2D eigenvalue weighted by molar-refractivity contribution is 6.00. The first-order chi connectivity index (χ1) is 7.63. The molecule has 1 N–H and O–H groups in total. The van der Waals surface area contributed by atoms with E-state index >= 15 is 0 Å². The molecule has 1 unspecified atom stereocenters. The van der Waals surface area contributed by atoms with Crippen LogP contribution in [0.5, 0.6) is 5.75 Å². The van der Waals surface area contributed by atoms with E-state index < -0.39 is 5.82 Å². The average molecular weight is 225 g/mol. The van der Waals surface area contributed by atoms with Crippen molar-refractivity contribution >= 4 is 5.78 Å².